The van der Waals surface area contributed by atoms with E-state index in [1.165, 1.54) is 22.5 Å². The van der Waals surface area contributed by atoms with E-state index in [4.69, 9.17) is 10.2 Å². The quantitative estimate of drug-likeness (QED) is 0.846. The Labute approximate surface area is 111 Å². The third kappa shape index (κ3) is 2.12. The Morgan fingerprint density at radius 3 is 3.17 bits per heavy atom. The molecule has 1 aromatic carbocycles. The molecular formula is C14H15N3S. The maximum absolute atomic E-state index is 8.71. The lowest BCUT2D eigenvalue weighted by atomic mass is 10.2. The average Bonchev–Trinajstić information content (AvgIpc) is 3.01. The van der Waals surface area contributed by atoms with E-state index in [9.17, 15) is 0 Å². The molecule has 2 heterocycles. The van der Waals surface area contributed by atoms with Gasteiger partial charge in [-0.3, -0.25) is 4.90 Å². The molecule has 1 aromatic heterocycles. The Morgan fingerprint density at radius 1 is 1.44 bits per heavy atom. The lowest BCUT2D eigenvalue weighted by molar-refractivity contribution is 0.263. The van der Waals surface area contributed by atoms with E-state index in [2.05, 4.69) is 29.2 Å². The SMILES string of the molecule is N#CCCN1CCC[C@H]1c1nc2ccccc2s1. The minimum Gasteiger partial charge on any atom is -0.293 e. The summed E-state index contributed by atoms with van der Waals surface area (Å²) < 4.78 is 1.26. The monoisotopic (exact) mass is 257 g/mol. The summed E-state index contributed by atoms with van der Waals surface area (Å²) in [7, 11) is 0. The van der Waals surface area contributed by atoms with E-state index >= 15 is 0 Å². The summed E-state index contributed by atoms with van der Waals surface area (Å²) >= 11 is 1.80. The van der Waals surface area contributed by atoms with Crippen LogP contribution in [-0.4, -0.2) is 23.0 Å². The molecule has 1 atom stereocenters. The first kappa shape index (κ1) is 11.6. The van der Waals surface area contributed by atoms with Crippen LogP contribution < -0.4 is 0 Å². The van der Waals surface area contributed by atoms with Crippen LogP contribution >= 0.6 is 11.3 Å². The van der Waals surface area contributed by atoms with E-state index in [1.54, 1.807) is 11.3 Å². The predicted octanol–water partition coefficient (Wildman–Crippen LogP) is 3.35. The van der Waals surface area contributed by atoms with E-state index < -0.39 is 0 Å². The molecule has 0 aliphatic carbocycles. The largest absolute Gasteiger partial charge is 0.293 e. The van der Waals surface area contributed by atoms with Gasteiger partial charge in [0.05, 0.1) is 22.3 Å². The standard InChI is InChI=1S/C14H15N3S/c15-8-4-10-17-9-3-6-12(17)14-16-11-5-1-2-7-13(11)18-14/h1-2,5,7,12H,3-4,6,9-10H2/t12-/m0/s1. The molecule has 0 bridgehead atoms. The second-order valence-electron chi connectivity index (χ2n) is 4.62. The van der Waals surface area contributed by atoms with Gasteiger partial charge in [-0.25, -0.2) is 4.98 Å². The van der Waals surface area contributed by atoms with E-state index in [-0.39, 0.29) is 0 Å². The molecule has 0 unspecified atom stereocenters. The topological polar surface area (TPSA) is 39.9 Å². The molecule has 4 heteroatoms. The van der Waals surface area contributed by atoms with Crippen LogP contribution in [-0.2, 0) is 0 Å². The smallest absolute Gasteiger partial charge is 0.111 e. The van der Waals surface area contributed by atoms with Gasteiger partial charge in [-0.1, -0.05) is 12.1 Å². The number of likely N-dealkylation sites (tertiary alicyclic amines) is 1. The number of nitrogens with zero attached hydrogens (tertiary/aromatic N) is 3. The number of fused-ring (bicyclic) bond motifs is 1. The first-order valence-corrected chi connectivity index (χ1v) is 7.16. The number of nitriles is 1. The van der Waals surface area contributed by atoms with Gasteiger partial charge in [0.2, 0.25) is 0 Å². The van der Waals surface area contributed by atoms with E-state index in [1.807, 2.05) is 6.07 Å². The number of thiazole rings is 1. The molecular weight excluding hydrogens is 242 g/mol. The second kappa shape index (κ2) is 5.05. The third-order valence-corrected chi connectivity index (χ3v) is 4.61. The van der Waals surface area contributed by atoms with Gasteiger partial charge in [0.1, 0.15) is 5.01 Å². The fraction of sp³-hybridized carbons (Fsp3) is 0.429. The van der Waals surface area contributed by atoms with Crippen molar-refractivity contribution in [1.82, 2.24) is 9.88 Å². The van der Waals surface area contributed by atoms with Crippen LogP contribution in [0.25, 0.3) is 10.2 Å². The lowest BCUT2D eigenvalue weighted by Crippen LogP contribution is -2.24. The lowest BCUT2D eigenvalue weighted by Gasteiger charge is -2.21. The zero-order chi connectivity index (χ0) is 12.4. The van der Waals surface area contributed by atoms with Crippen molar-refractivity contribution in [2.24, 2.45) is 0 Å². The molecule has 18 heavy (non-hydrogen) atoms. The fourth-order valence-corrected chi connectivity index (χ4v) is 3.74. The highest BCUT2D eigenvalue weighted by atomic mass is 32.1. The molecule has 0 amide bonds. The Kier molecular flexibility index (Phi) is 3.26. The van der Waals surface area contributed by atoms with Gasteiger partial charge >= 0.3 is 0 Å². The molecule has 92 valence electrons. The van der Waals surface area contributed by atoms with E-state index in [0.29, 0.717) is 12.5 Å². The van der Waals surface area contributed by atoms with Gasteiger partial charge in [0, 0.05) is 13.0 Å². The molecule has 0 N–H and O–H groups in total. The molecule has 1 saturated heterocycles. The van der Waals surface area contributed by atoms with Crippen molar-refractivity contribution in [3.8, 4) is 6.07 Å². The van der Waals surface area contributed by atoms with Gasteiger partial charge in [-0.05, 0) is 31.5 Å². The Balaban J connectivity index is 1.86. The number of benzene rings is 1. The van der Waals surface area contributed by atoms with Crippen molar-refractivity contribution in [2.75, 3.05) is 13.1 Å². The predicted molar refractivity (Wildman–Crippen MR) is 73.4 cm³/mol. The summed E-state index contributed by atoms with van der Waals surface area (Å²) in [4.78, 5) is 7.15. The average molecular weight is 257 g/mol. The van der Waals surface area contributed by atoms with Crippen molar-refractivity contribution in [3.63, 3.8) is 0 Å². The minimum absolute atomic E-state index is 0.427. The minimum atomic E-state index is 0.427. The molecule has 0 saturated carbocycles. The molecule has 0 spiro atoms. The van der Waals surface area contributed by atoms with Gasteiger partial charge in [0.25, 0.3) is 0 Å². The van der Waals surface area contributed by atoms with Gasteiger partial charge in [0.15, 0.2) is 0 Å². The van der Waals surface area contributed by atoms with Crippen LogP contribution in [0.15, 0.2) is 24.3 Å². The van der Waals surface area contributed by atoms with Gasteiger partial charge < -0.3 is 0 Å². The highest BCUT2D eigenvalue weighted by Gasteiger charge is 2.27. The van der Waals surface area contributed by atoms with Gasteiger partial charge in [-0.15, -0.1) is 11.3 Å². The molecule has 2 aromatic rings. The molecule has 3 rings (SSSR count). The summed E-state index contributed by atoms with van der Waals surface area (Å²) in [6, 6.07) is 11.0. The number of rotatable bonds is 3. The van der Waals surface area contributed by atoms with Gasteiger partial charge in [-0.2, -0.15) is 5.26 Å². The van der Waals surface area contributed by atoms with E-state index in [0.717, 1.165) is 18.6 Å². The van der Waals surface area contributed by atoms with Crippen molar-refractivity contribution >= 4 is 21.6 Å². The third-order valence-electron chi connectivity index (χ3n) is 3.47. The van der Waals surface area contributed by atoms with Crippen molar-refractivity contribution < 1.29 is 0 Å². The number of aromatic nitrogens is 1. The molecule has 1 fully saturated rings. The Bertz CT molecular complexity index is 551. The number of para-hydroxylation sites is 1. The fourth-order valence-electron chi connectivity index (χ4n) is 2.60. The van der Waals surface area contributed by atoms with Crippen LogP contribution in [0.1, 0.15) is 30.3 Å². The summed E-state index contributed by atoms with van der Waals surface area (Å²) in [5.41, 5.74) is 1.10. The molecule has 0 radical (unpaired) electrons. The highest BCUT2D eigenvalue weighted by Crippen LogP contribution is 2.36. The maximum atomic E-state index is 8.71. The second-order valence-corrected chi connectivity index (χ2v) is 5.68. The van der Waals surface area contributed by atoms with Crippen molar-refractivity contribution in [1.29, 1.82) is 5.26 Å². The van der Waals surface area contributed by atoms with Crippen LogP contribution in [0.2, 0.25) is 0 Å². The number of hydrogen-bond acceptors (Lipinski definition) is 4. The summed E-state index contributed by atoms with van der Waals surface area (Å²) in [5.74, 6) is 0. The molecule has 1 aliphatic rings. The molecule has 1 aliphatic heterocycles. The summed E-state index contributed by atoms with van der Waals surface area (Å²) in [6.45, 7) is 1.97. The number of hydrogen-bond donors (Lipinski definition) is 0. The normalized spacial score (nSPS) is 20.3. The first-order valence-electron chi connectivity index (χ1n) is 6.35. The van der Waals surface area contributed by atoms with Crippen LogP contribution in [0.4, 0.5) is 0 Å². The summed E-state index contributed by atoms with van der Waals surface area (Å²) in [5, 5.41) is 9.92. The zero-order valence-electron chi connectivity index (χ0n) is 10.2. The maximum Gasteiger partial charge on any atom is 0.111 e. The summed E-state index contributed by atoms with van der Waals surface area (Å²) in [6.07, 6.45) is 3.00. The molecule has 3 nitrogen and oxygen atoms in total. The van der Waals surface area contributed by atoms with Crippen LogP contribution in [0.5, 0.6) is 0 Å². The Morgan fingerprint density at radius 2 is 2.33 bits per heavy atom. The Hall–Kier alpha value is -1.44. The van der Waals surface area contributed by atoms with Crippen molar-refractivity contribution in [2.45, 2.75) is 25.3 Å². The van der Waals surface area contributed by atoms with Crippen LogP contribution in [0, 0.1) is 11.3 Å². The first-order chi connectivity index (χ1) is 8.88. The zero-order valence-corrected chi connectivity index (χ0v) is 11.0. The van der Waals surface area contributed by atoms with Crippen LogP contribution in [0.3, 0.4) is 0 Å². The van der Waals surface area contributed by atoms with Crippen molar-refractivity contribution in [3.05, 3.63) is 29.3 Å². The highest BCUT2D eigenvalue weighted by molar-refractivity contribution is 7.18.